The molecule has 0 spiro atoms. The van der Waals surface area contributed by atoms with Gasteiger partial charge in [0.05, 0.1) is 6.10 Å². The zero-order chi connectivity index (χ0) is 22.2. The molecule has 0 saturated carbocycles. The van der Waals surface area contributed by atoms with E-state index >= 15 is 0 Å². The van der Waals surface area contributed by atoms with Gasteiger partial charge in [-0.25, -0.2) is 0 Å². The van der Waals surface area contributed by atoms with Gasteiger partial charge in [-0.05, 0) is 50.9 Å². The van der Waals surface area contributed by atoms with Crippen molar-refractivity contribution in [3.8, 4) is 0 Å². The van der Waals surface area contributed by atoms with Crippen LogP contribution >= 0.6 is 0 Å². The smallest absolute Gasteiger partial charge is 0.161 e. The van der Waals surface area contributed by atoms with Crippen LogP contribution in [-0.2, 0) is 4.79 Å². The van der Waals surface area contributed by atoms with Crippen LogP contribution in [0.15, 0.2) is 11.6 Å². The lowest BCUT2D eigenvalue weighted by Gasteiger charge is -2.15. The van der Waals surface area contributed by atoms with Crippen molar-refractivity contribution in [2.24, 2.45) is 17.8 Å². The fourth-order valence-corrected chi connectivity index (χ4v) is 3.89. The number of rotatable bonds is 18. The summed E-state index contributed by atoms with van der Waals surface area (Å²) in [7, 11) is 0. The number of hydrogen-bond acceptors (Lipinski definition) is 3. The van der Waals surface area contributed by atoms with Crippen molar-refractivity contribution in [1.29, 1.82) is 0 Å². The highest BCUT2D eigenvalue weighted by atomic mass is 16.3. The van der Waals surface area contributed by atoms with Crippen molar-refractivity contribution in [1.82, 2.24) is 0 Å². The molecule has 0 aliphatic heterocycles. The summed E-state index contributed by atoms with van der Waals surface area (Å²) < 4.78 is 0. The Morgan fingerprint density at radius 2 is 1.31 bits per heavy atom. The number of carbonyl (C=O) groups is 1. The highest BCUT2D eigenvalue weighted by Crippen LogP contribution is 2.22. The topological polar surface area (TPSA) is 57.5 Å². The van der Waals surface area contributed by atoms with Crippen LogP contribution < -0.4 is 0 Å². The molecule has 0 radical (unpaired) electrons. The van der Waals surface area contributed by atoms with E-state index in [1.807, 2.05) is 0 Å². The van der Waals surface area contributed by atoms with Crippen molar-refractivity contribution in [3.63, 3.8) is 0 Å². The Bertz CT molecular complexity index is 439. The molecule has 0 aromatic carbocycles. The monoisotopic (exact) mass is 410 g/mol. The second-order valence-electron chi connectivity index (χ2n) is 10.0. The Labute approximate surface area is 181 Å². The summed E-state index contributed by atoms with van der Waals surface area (Å²) in [6.07, 6.45) is 13.4. The van der Waals surface area contributed by atoms with E-state index in [1.165, 1.54) is 56.9 Å². The highest BCUT2D eigenvalue weighted by Gasteiger charge is 2.16. The van der Waals surface area contributed by atoms with Gasteiger partial charge in [-0.1, -0.05) is 84.3 Å². The first-order chi connectivity index (χ1) is 13.6. The van der Waals surface area contributed by atoms with Crippen molar-refractivity contribution >= 4 is 5.78 Å². The number of aliphatic hydroxyl groups is 2. The third-order valence-corrected chi connectivity index (χ3v) is 5.96. The fourth-order valence-electron chi connectivity index (χ4n) is 3.89. The maximum atomic E-state index is 11.8. The molecule has 172 valence electrons. The Morgan fingerprint density at radius 1 is 0.793 bits per heavy atom. The summed E-state index contributed by atoms with van der Waals surface area (Å²) in [5, 5.41) is 18.9. The predicted molar refractivity (Wildman–Crippen MR) is 125 cm³/mol. The molecule has 4 unspecified atom stereocenters. The zero-order valence-corrected chi connectivity index (χ0v) is 20.3. The molecule has 3 heteroatoms. The molecule has 0 aliphatic carbocycles. The van der Waals surface area contributed by atoms with Crippen molar-refractivity contribution < 1.29 is 15.0 Å². The molecule has 0 fully saturated rings. The van der Waals surface area contributed by atoms with Crippen LogP contribution in [0.5, 0.6) is 0 Å². The van der Waals surface area contributed by atoms with Crippen LogP contribution in [-0.4, -0.2) is 28.2 Å². The molecule has 0 amide bonds. The van der Waals surface area contributed by atoms with Gasteiger partial charge in [-0.2, -0.15) is 0 Å². The van der Waals surface area contributed by atoms with Gasteiger partial charge >= 0.3 is 0 Å². The minimum Gasteiger partial charge on any atom is -0.393 e. The quantitative estimate of drug-likeness (QED) is 0.243. The molecule has 0 heterocycles. The summed E-state index contributed by atoms with van der Waals surface area (Å²) in [6, 6.07) is 0. The number of allylic oxidation sites excluding steroid dienone is 2. The normalized spacial score (nSPS) is 16.7. The summed E-state index contributed by atoms with van der Waals surface area (Å²) >= 11 is 0. The molecule has 0 aromatic heterocycles. The van der Waals surface area contributed by atoms with Crippen molar-refractivity contribution in [3.05, 3.63) is 11.6 Å². The third-order valence-electron chi connectivity index (χ3n) is 5.96. The number of ketones is 1. The summed E-state index contributed by atoms with van der Waals surface area (Å²) in [5.41, 5.74) is 1.34. The third kappa shape index (κ3) is 17.9. The SMILES string of the molecule is CC(=CCCC(=O)C(O)CC(C)O)CCCC(C)CCCC(C)CCCC(C)C. The number of hydrogen-bond donors (Lipinski definition) is 2. The molecule has 4 atom stereocenters. The van der Waals surface area contributed by atoms with E-state index in [0.717, 1.165) is 24.2 Å². The average molecular weight is 411 g/mol. The lowest BCUT2D eigenvalue weighted by Crippen LogP contribution is -2.24. The largest absolute Gasteiger partial charge is 0.393 e. The van der Waals surface area contributed by atoms with Crippen LogP contribution in [0, 0.1) is 17.8 Å². The van der Waals surface area contributed by atoms with Crippen molar-refractivity contribution in [2.45, 2.75) is 131 Å². The number of Topliss-reactive ketones (excluding diaryl/α,β-unsaturated/α-hetero) is 1. The van der Waals surface area contributed by atoms with Gasteiger partial charge in [0.25, 0.3) is 0 Å². The van der Waals surface area contributed by atoms with Crippen LogP contribution in [0.2, 0.25) is 0 Å². The van der Waals surface area contributed by atoms with Crippen LogP contribution in [0.4, 0.5) is 0 Å². The van der Waals surface area contributed by atoms with Gasteiger partial charge in [0.15, 0.2) is 5.78 Å². The van der Waals surface area contributed by atoms with Crippen LogP contribution in [0.25, 0.3) is 0 Å². The Balaban J connectivity index is 3.80. The highest BCUT2D eigenvalue weighted by molar-refractivity contribution is 5.82. The second-order valence-corrected chi connectivity index (χ2v) is 10.0. The van der Waals surface area contributed by atoms with E-state index in [1.54, 1.807) is 6.92 Å². The summed E-state index contributed by atoms with van der Waals surface area (Å²) in [6.45, 7) is 13.1. The summed E-state index contributed by atoms with van der Waals surface area (Å²) in [4.78, 5) is 11.8. The van der Waals surface area contributed by atoms with E-state index in [4.69, 9.17) is 0 Å². The molecular formula is C26H50O3. The molecule has 0 saturated heterocycles. The zero-order valence-electron chi connectivity index (χ0n) is 20.3. The maximum Gasteiger partial charge on any atom is 0.161 e. The van der Waals surface area contributed by atoms with Crippen LogP contribution in [0.3, 0.4) is 0 Å². The minimum absolute atomic E-state index is 0.135. The Morgan fingerprint density at radius 3 is 1.83 bits per heavy atom. The lowest BCUT2D eigenvalue weighted by molar-refractivity contribution is -0.128. The molecule has 0 bridgehead atoms. The first-order valence-electron chi connectivity index (χ1n) is 12.2. The Hall–Kier alpha value is -0.670. The minimum atomic E-state index is -1.03. The molecule has 2 N–H and O–H groups in total. The van der Waals surface area contributed by atoms with Gasteiger partial charge in [0.2, 0.25) is 0 Å². The second kappa shape index (κ2) is 17.1. The number of aliphatic hydroxyl groups excluding tert-OH is 2. The molecule has 0 aromatic rings. The first-order valence-corrected chi connectivity index (χ1v) is 12.2. The van der Waals surface area contributed by atoms with E-state index in [0.29, 0.717) is 12.8 Å². The average Bonchev–Trinajstić information content (AvgIpc) is 2.60. The predicted octanol–water partition coefficient (Wildman–Crippen LogP) is 6.85. The molecule has 0 rings (SSSR count). The van der Waals surface area contributed by atoms with Gasteiger partial charge in [-0.15, -0.1) is 0 Å². The molecule has 0 aliphatic rings. The van der Waals surface area contributed by atoms with E-state index < -0.39 is 12.2 Å². The van der Waals surface area contributed by atoms with Gasteiger partial charge in [-0.3, -0.25) is 4.79 Å². The molecule has 3 nitrogen and oxygen atoms in total. The van der Waals surface area contributed by atoms with Gasteiger partial charge in [0.1, 0.15) is 6.10 Å². The van der Waals surface area contributed by atoms with Crippen molar-refractivity contribution in [2.75, 3.05) is 0 Å². The lowest BCUT2D eigenvalue weighted by atomic mass is 9.91. The molecular weight excluding hydrogens is 360 g/mol. The maximum absolute atomic E-state index is 11.8. The van der Waals surface area contributed by atoms with E-state index in [-0.39, 0.29) is 12.2 Å². The van der Waals surface area contributed by atoms with Crippen LogP contribution in [0.1, 0.15) is 119 Å². The van der Waals surface area contributed by atoms with E-state index in [2.05, 4.69) is 40.7 Å². The molecule has 29 heavy (non-hydrogen) atoms. The van der Waals surface area contributed by atoms with Gasteiger partial charge in [0, 0.05) is 12.8 Å². The summed E-state index contributed by atoms with van der Waals surface area (Å²) in [5.74, 6) is 2.33. The number of carbonyl (C=O) groups excluding carboxylic acids is 1. The van der Waals surface area contributed by atoms with Gasteiger partial charge < -0.3 is 10.2 Å². The first kappa shape index (κ1) is 28.3. The standard InChI is InChI=1S/C26H50O3/c1-20(2)11-7-12-21(3)13-8-14-22(4)15-9-16-23(5)17-10-18-25(28)26(29)19-24(6)27/h17,20-22,24,26-27,29H,7-16,18-19H2,1-6H3. The fraction of sp³-hybridized carbons (Fsp3) is 0.885. The Kier molecular flexibility index (Phi) is 16.7. The van der Waals surface area contributed by atoms with E-state index in [9.17, 15) is 15.0 Å².